The zero-order valence-electron chi connectivity index (χ0n) is 10.4. The Hall–Kier alpha value is -1.10. The maximum Gasteiger partial charge on any atom is 0.0713 e. The fourth-order valence-electron chi connectivity index (χ4n) is 1.41. The third-order valence-electron chi connectivity index (χ3n) is 2.72. The Bertz CT molecular complexity index is 337. The highest BCUT2D eigenvalue weighted by Crippen LogP contribution is 2.17. The molecule has 4 heteroatoms. The minimum Gasteiger partial charge on any atom is -0.396 e. The average molecular weight is 239 g/mol. The molecule has 0 aromatic heterocycles. The molecule has 1 rings (SSSR count). The second kappa shape index (κ2) is 6.59. The molecular weight excluding hydrogens is 218 g/mol. The quantitative estimate of drug-likeness (QED) is 0.670. The Balaban J connectivity index is 2.59. The van der Waals surface area contributed by atoms with E-state index in [4.69, 9.17) is 4.74 Å². The summed E-state index contributed by atoms with van der Waals surface area (Å²) in [6.07, 6.45) is 0. The van der Waals surface area contributed by atoms with Crippen molar-refractivity contribution in [2.45, 2.75) is 13.5 Å². The molecule has 17 heavy (non-hydrogen) atoms. The van der Waals surface area contributed by atoms with Gasteiger partial charge in [0.1, 0.15) is 0 Å². The molecule has 96 valence electrons. The van der Waals surface area contributed by atoms with Crippen molar-refractivity contribution in [3.63, 3.8) is 0 Å². The lowest BCUT2D eigenvalue weighted by molar-refractivity contribution is 0.0806. The Labute approximate surface area is 102 Å². The van der Waals surface area contributed by atoms with Gasteiger partial charge in [-0.25, -0.2) is 0 Å². The zero-order valence-corrected chi connectivity index (χ0v) is 10.4. The Morgan fingerprint density at radius 2 is 2.00 bits per heavy atom. The van der Waals surface area contributed by atoms with Gasteiger partial charge in [-0.2, -0.15) is 0 Å². The Morgan fingerprint density at radius 1 is 1.29 bits per heavy atom. The van der Waals surface area contributed by atoms with Gasteiger partial charge >= 0.3 is 0 Å². The number of aliphatic hydroxyl groups is 2. The molecular formula is C13H21NO3. The standard InChI is InChI=1S/C13H21NO3/c1-13(9-15,10-16)8-14-12-5-3-4-11(6-12)7-17-2/h3-6,14-16H,7-10H2,1-2H3. The molecule has 0 fully saturated rings. The van der Waals surface area contributed by atoms with Gasteiger partial charge in [0.15, 0.2) is 0 Å². The number of nitrogens with one attached hydrogen (secondary N) is 1. The van der Waals surface area contributed by atoms with Crippen molar-refractivity contribution in [1.82, 2.24) is 0 Å². The van der Waals surface area contributed by atoms with Crippen molar-refractivity contribution < 1.29 is 14.9 Å². The van der Waals surface area contributed by atoms with Crippen molar-refractivity contribution >= 4 is 5.69 Å². The van der Waals surface area contributed by atoms with Crippen molar-refractivity contribution in [3.8, 4) is 0 Å². The second-order valence-electron chi connectivity index (χ2n) is 4.61. The highest BCUT2D eigenvalue weighted by atomic mass is 16.5. The first kappa shape index (κ1) is 14.0. The van der Waals surface area contributed by atoms with Gasteiger partial charge in [0, 0.05) is 24.8 Å². The van der Waals surface area contributed by atoms with Gasteiger partial charge in [0.05, 0.1) is 19.8 Å². The topological polar surface area (TPSA) is 61.7 Å². The largest absolute Gasteiger partial charge is 0.396 e. The number of anilines is 1. The maximum absolute atomic E-state index is 9.18. The summed E-state index contributed by atoms with van der Waals surface area (Å²) >= 11 is 0. The normalized spacial score (nSPS) is 11.5. The van der Waals surface area contributed by atoms with Crippen LogP contribution in [0.4, 0.5) is 5.69 Å². The van der Waals surface area contributed by atoms with E-state index in [2.05, 4.69) is 5.32 Å². The summed E-state index contributed by atoms with van der Waals surface area (Å²) in [6.45, 7) is 2.84. The molecule has 1 aromatic rings. The predicted octanol–water partition coefficient (Wildman–Crippen LogP) is 1.24. The molecule has 0 saturated heterocycles. The van der Waals surface area contributed by atoms with E-state index in [0.29, 0.717) is 13.2 Å². The van der Waals surface area contributed by atoms with Crippen LogP contribution in [0.2, 0.25) is 0 Å². The Morgan fingerprint density at radius 3 is 2.59 bits per heavy atom. The minimum atomic E-state index is -0.503. The van der Waals surface area contributed by atoms with E-state index in [1.54, 1.807) is 7.11 Å². The van der Waals surface area contributed by atoms with Crippen molar-refractivity contribution in [3.05, 3.63) is 29.8 Å². The number of hydrogen-bond donors (Lipinski definition) is 3. The van der Waals surface area contributed by atoms with Crippen LogP contribution in [0.3, 0.4) is 0 Å². The van der Waals surface area contributed by atoms with E-state index in [9.17, 15) is 10.2 Å². The van der Waals surface area contributed by atoms with E-state index in [1.807, 2.05) is 31.2 Å². The summed E-state index contributed by atoms with van der Waals surface area (Å²) < 4.78 is 5.06. The molecule has 0 bridgehead atoms. The summed E-state index contributed by atoms with van der Waals surface area (Å²) in [5, 5.41) is 21.6. The second-order valence-corrected chi connectivity index (χ2v) is 4.61. The van der Waals surface area contributed by atoms with Crippen LogP contribution in [-0.4, -0.2) is 37.1 Å². The number of rotatable bonds is 7. The van der Waals surface area contributed by atoms with Gasteiger partial charge in [0.25, 0.3) is 0 Å². The highest BCUT2D eigenvalue weighted by molar-refractivity contribution is 5.45. The van der Waals surface area contributed by atoms with Crippen LogP contribution in [0, 0.1) is 5.41 Å². The van der Waals surface area contributed by atoms with Crippen LogP contribution in [0.1, 0.15) is 12.5 Å². The number of ether oxygens (including phenoxy) is 1. The molecule has 0 aliphatic heterocycles. The first-order valence-corrected chi connectivity index (χ1v) is 5.67. The fraction of sp³-hybridized carbons (Fsp3) is 0.538. The smallest absolute Gasteiger partial charge is 0.0713 e. The summed E-state index contributed by atoms with van der Waals surface area (Å²) in [6, 6.07) is 7.89. The minimum absolute atomic E-state index is 0.0474. The molecule has 3 N–H and O–H groups in total. The van der Waals surface area contributed by atoms with Crippen LogP contribution >= 0.6 is 0 Å². The summed E-state index contributed by atoms with van der Waals surface area (Å²) in [4.78, 5) is 0. The number of methoxy groups -OCH3 is 1. The van der Waals surface area contributed by atoms with Gasteiger partial charge in [-0.3, -0.25) is 0 Å². The van der Waals surface area contributed by atoms with Gasteiger partial charge in [-0.1, -0.05) is 19.1 Å². The lowest BCUT2D eigenvalue weighted by Crippen LogP contribution is -2.34. The molecule has 0 aliphatic rings. The highest BCUT2D eigenvalue weighted by Gasteiger charge is 2.21. The van der Waals surface area contributed by atoms with Gasteiger partial charge in [-0.15, -0.1) is 0 Å². The molecule has 0 heterocycles. The van der Waals surface area contributed by atoms with Crippen LogP contribution in [0.5, 0.6) is 0 Å². The predicted molar refractivity (Wildman–Crippen MR) is 67.9 cm³/mol. The van der Waals surface area contributed by atoms with E-state index in [0.717, 1.165) is 11.3 Å². The van der Waals surface area contributed by atoms with Crippen molar-refractivity contribution in [2.75, 3.05) is 32.2 Å². The lowest BCUT2D eigenvalue weighted by Gasteiger charge is -2.25. The van der Waals surface area contributed by atoms with E-state index >= 15 is 0 Å². The van der Waals surface area contributed by atoms with Crippen molar-refractivity contribution in [1.29, 1.82) is 0 Å². The molecule has 0 radical (unpaired) electrons. The summed E-state index contributed by atoms with van der Waals surface area (Å²) in [5.41, 5.74) is 1.55. The van der Waals surface area contributed by atoms with Crippen LogP contribution in [0.15, 0.2) is 24.3 Å². The average Bonchev–Trinajstić information content (AvgIpc) is 2.37. The Kier molecular flexibility index (Phi) is 5.41. The summed E-state index contributed by atoms with van der Waals surface area (Å²) in [5.74, 6) is 0. The molecule has 1 aromatic carbocycles. The van der Waals surface area contributed by atoms with Crippen LogP contribution in [-0.2, 0) is 11.3 Å². The van der Waals surface area contributed by atoms with Crippen LogP contribution < -0.4 is 5.32 Å². The molecule has 0 spiro atoms. The molecule has 0 aliphatic carbocycles. The van der Waals surface area contributed by atoms with E-state index < -0.39 is 5.41 Å². The molecule has 0 unspecified atom stereocenters. The van der Waals surface area contributed by atoms with Gasteiger partial charge < -0.3 is 20.3 Å². The first-order chi connectivity index (χ1) is 8.13. The fourth-order valence-corrected chi connectivity index (χ4v) is 1.41. The third-order valence-corrected chi connectivity index (χ3v) is 2.72. The SMILES string of the molecule is COCc1cccc(NCC(C)(CO)CO)c1. The first-order valence-electron chi connectivity index (χ1n) is 5.67. The van der Waals surface area contributed by atoms with E-state index in [-0.39, 0.29) is 13.2 Å². The zero-order chi connectivity index (χ0) is 12.7. The van der Waals surface area contributed by atoms with Gasteiger partial charge in [0.2, 0.25) is 0 Å². The maximum atomic E-state index is 9.18. The lowest BCUT2D eigenvalue weighted by atomic mass is 9.93. The van der Waals surface area contributed by atoms with Gasteiger partial charge in [-0.05, 0) is 17.7 Å². The third kappa shape index (κ3) is 4.34. The molecule has 0 amide bonds. The van der Waals surface area contributed by atoms with Crippen molar-refractivity contribution in [2.24, 2.45) is 5.41 Å². The van der Waals surface area contributed by atoms with Crippen LogP contribution in [0.25, 0.3) is 0 Å². The number of aliphatic hydroxyl groups excluding tert-OH is 2. The van der Waals surface area contributed by atoms with E-state index in [1.165, 1.54) is 0 Å². The number of hydrogen-bond acceptors (Lipinski definition) is 4. The molecule has 4 nitrogen and oxygen atoms in total. The number of benzene rings is 1. The molecule has 0 saturated carbocycles. The monoisotopic (exact) mass is 239 g/mol. The summed E-state index contributed by atoms with van der Waals surface area (Å²) in [7, 11) is 1.66. The molecule has 0 atom stereocenters.